The summed E-state index contributed by atoms with van der Waals surface area (Å²) in [6.07, 6.45) is 4.59. The van der Waals surface area contributed by atoms with Crippen LogP contribution in [-0.2, 0) is 9.53 Å². The molecule has 114 valence electrons. The van der Waals surface area contributed by atoms with Gasteiger partial charge in [-0.25, -0.2) is 9.59 Å². The predicted octanol–water partition coefficient (Wildman–Crippen LogP) is 1.64. The van der Waals surface area contributed by atoms with E-state index in [9.17, 15) is 14.7 Å². The smallest absolute Gasteiger partial charge is 0.329 e. The summed E-state index contributed by atoms with van der Waals surface area (Å²) in [5, 5.41) is 14.7. The van der Waals surface area contributed by atoms with E-state index < -0.39 is 17.5 Å². The van der Waals surface area contributed by atoms with E-state index >= 15 is 0 Å². The van der Waals surface area contributed by atoms with Crippen molar-refractivity contribution in [1.82, 2.24) is 10.6 Å². The highest BCUT2D eigenvalue weighted by atomic mass is 16.5. The molecule has 1 aliphatic heterocycles. The molecule has 2 aliphatic rings. The first-order chi connectivity index (χ1) is 9.33. The Morgan fingerprint density at radius 2 is 1.90 bits per heavy atom. The number of carboxylic acids is 1. The number of hydrogen-bond acceptors (Lipinski definition) is 3. The summed E-state index contributed by atoms with van der Waals surface area (Å²) in [7, 11) is 0. The zero-order valence-electron chi connectivity index (χ0n) is 12.2. The molecular formula is C14H24N2O4. The fraction of sp³-hybridized carbons (Fsp3) is 0.857. The average Bonchev–Trinajstić information content (AvgIpc) is 2.94. The van der Waals surface area contributed by atoms with Crippen molar-refractivity contribution in [2.75, 3.05) is 6.54 Å². The van der Waals surface area contributed by atoms with E-state index in [2.05, 4.69) is 10.6 Å². The van der Waals surface area contributed by atoms with Crippen LogP contribution in [0.15, 0.2) is 0 Å². The summed E-state index contributed by atoms with van der Waals surface area (Å²) in [5.74, 6) is -0.941. The Kier molecular flexibility index (Phi) is 4.22. The highest BCUT2D eigenvalue weighted by Gasteiger charge is 2.42. The summed E-state index contributed by atoms with van der Waals surface area (Å²) in [4.78, 5) is 23.2. The molecule has 0 bridgehead atoms. The van der Waals surface area contributed by atoms with Gasteiger partial charge in [0.15, 0.2) is 0 Å². The number of ether oxygens (including phenoxy) is 1. The molecule has 3 N–H and O–H groups in total. The van der Waals surface area contributed by atoms with Crippen LogP contribution in [0.3, 0.4) is 0 Å². The number of amides is 2. The first-order valence-corrected chi connectivity index (χ1v) is 7.30. The summed E-state index contributed by atoms with van der Waals surface area (Å²) in [6, 6.07) is -0.414. The van der Waals surface area contributed by atoms with Crippen molar-refractivity contribution in [3.63, 3.8) is 0 Å². The molecule has 1 saturated heterocycles. The molecular weight excluding hydrogens is 260 g/mol. The van der Waals surface area contributed by atoms with Gasteiger partial charge in [-0.15, -0.1) is 0 Å². The van der Waals surface area contributed by atoms with Crippen LogP contribution in [0.2, 0.25) is 0 Å². The van der Waals surface area contributed by atoms with Gasteiger partial charge in [0.25, 0.3) is 0 Å². The average molecular weight is 284 g/mol. The summed E-state index contributed by atoms with van der Waals surface area (Å²) >= 11 is 0. The Labute approximate surface area is 119 Å². The molecule has 1 atom stereocenters. The van der Waals surface area contributed by atoms with Gasteiger partial charge in [0.1, 0.15) is 5.54 Å². The van der Waals surface area contributed by atoms with Gasteiger partial charge in [-0.3, -0.25) is 0 Å². The number of urea groups is 1. The van der Waals surface area contributed by atoms with Gasteiger partial charge in [-0.2, -0.15) is 0 Å². The number of carboxylic acid groups (broad SMARTS) is 1. The van der Waals surface area contributed by atoms with E-state index in [0.29, 0.717) is 19.4 Å². The molecule has 0 aromatic heterocycles. The second kappa shape index (κ2) is 5.60. The summed E-state index contributed by atoms with van der Waals surface area (Å²) in [5.41, 5.74) is -1.21. The molecule has 2 amide bonds. The van der Waals surface area contributed by atoms with E-state index in [1.807, 2.05) is 13.8 Å². The third kappa shape index (κ3) is 3.42. The molecule has 1 unspecified atom stereocenters. The van der Waals surface area contributed by atoms with Gasteiger partial charge in [-0.1, -0.05) is 12.8 Å². The van der Waals surface area contributed by atoms with E-state index in [4.69, 9.17) is 4.74 Å². The van der Waals surface area contributed by atoms with Gasteiger partial charge in [0.05, 0.1) is 11.7 Å². The topological polar surface area (TPSA) is 87.7 Å². The van der Waals surface area contributed by atoms with Crippen molar-refractivity contribution in [2.24, 2.45) is 0 Å². The third-order valence-electron chi connectivity index (χ3n) is 4.26. The molecule has 1 heterocycles. The molecule has 20 heavy (non-hydrogen) atoms. The minimum absolute atomic E-state index is 0.0140. The lowest BCUT2D eigenvalue weighted by Crippen LogP contribution is -2.56. The maximum Gasteiger partial charge on any atom is 0.329 e. The Balaban J connectivity index is 1.79. The molecule has 6 nitrogen and oxygen atoms in total. The second-order valence-corrected chi connectivity index (χ2v) is 6.47. The van der Waals surface area contributed by atoms with E-state index in [-0.39, 0.29) is 11.7 Å². The van der Waals surface area contributed by atoms with Crippen molar-refractivity contribution in [1.29, 1.82) is 0 Å². The molecule has 1 aliphatic carbocycles. The van der Waals surface area contributed by atoms with Crippen LogP contribution in [0.1, 0.15) is 52.4 Å². The largest absolute Gasteiger partial charge is 0.480 e. The fourth-order valence-electron chi connectivity index (χ4n) is 3.06. The quantitative estimate of drug-likeness (QED) is 0.732. The van der Waals surface area contributed by atoms with E-state index in [0.717, 1.165) is 25.7 Å². The minimum Gasteiger partial charge on any atom is -0.480 e. The number of carbonyl (C=O) groups excluding carboxylic acids is 1. The Bertz CT molecular complexity index is 389. The molecule has 0 aromatic rings. The molecule has 6 heteroatoms. The van der Waals surface area contributed by atoms with Gasteiger partial charge in [0.2, 0.25) is 0 Å². The highest BCUT2D eigenvalue weighted by molar-refractivity contribution is 5.86. The second-order valence-electron chi connectivity index (χ2n) is 6.47. The monoisotopic (exact) mass is 284 g/mol. The summed E-state index contributed by atoms with van der Waals surface area (Å²) in [6.45, 7) is 4.49. The van der Waals surface area contributed by atoms with Crippen molar-refractivity contribution >= 4 is 12.0 Å². The molecule has 0 radical (unpaired) electrons. The van der Waals surface area contributed by atoms with E-state index in [1.165, 1.54) is 0 Å². The fourth-order valence-corrected chi connectivity index (χ4v) is 3.06. The minimum atomic E-state index is -1.08. The van der Waals surface area contributed by atoms with Gasteiger partial charge < -0.3 is 20.5 Å². The van der Waals surface area contributed by atoms with Crippen LogP contribution in [0.25, 0.3) is 0 Å². The van der Waals surface area contributed by atoms with Crippen molar-refractivity contribution in [3.8, 4) is 0 Å². The van der Waals surface area contributed by atoms with Crippen LogP contribution in [-0.4, -0.2) is 40.9 Å². The lowest BCUT2D eigenvalue weighted by molar-refractivity contribution is -0.144. The first kappa shape index (κ1) is 15.1. The molecule has 0 aromatic carbocycles. The molecule has 1 saturated carbocycles. The lowest BCUT2D eigenvalue weighted by atomic mass is 9.98. The van der Waals surface area contributed by atoms with Crippen LogP contribution >= 0.6 is 0 Å². The highest BCUT2D eigenvalue weighted by Crippen LogP contribution is 2.30. The van der Waals surface area contributed by atoms with Crippen LogP contribution in [0, 0.1) is 0 Å². The summed E-state index contributed by atoms with van der Waals surface area (Å²) < 4.78 is 5.78. The van der Waals surface area contributed by atoms with Crippen LogP contribution in [0.4, 0.5) is 4.79 Å². The number of hydrogen-bond donors (Lipinski definition) is 3. The molecule has 2 fully saturated rings. The maximum atomic E-state index is 11.9. The zero-order chi connectivity index (χ0) is 14.8. The molecule has 0 spiro atoms. The number of aliphatic carboxylic acids is 1. The Morgan fingerprint density at radius 1 is 1.25 bits per heavy atom. The normalized spacial score (nSPS) is 27.2. The number of nitrogens with one attached hydrogen (secondary N) is 2. The van der Waals surface area contributed by atoms with Gasteiger partial charge in [0, 0.05) is 6.54 Å². The zero-order valence-corrected chi connectivity index (χ0v) is 12.2. The van der Waals surface area contributed by atoms with Crippen molar-refractivity contribution in [3.05, 3.63) is 0 Å². The number of carbonyl (C=O) groups is 2. The standard InChI is InChI=1S/C14H24N2O4/c1-13(2)8-5-10(20-13)9-15-12(19)16-14(11(17)18)6-3-4-7-14/h10H,3-9H2,1-2H3,(H,17,18)(H2,15,16,19). The van der Waals surface area contributed by atoms with Gasteiger partial charge >= 0.3 is 12.0 Å². The van der Waals surface area contributed by atoms with Crippen LogP contribution < -0.4 is 10.6 Å². The van der Waals surface area contributed by atoms with Crippen molar-refractivity contribution in [2.45, 2.75) is 69.6 Å². The first-order valence-electron chi connectivity index (χ1n) is 7.30. The Hall–Kier alpha value is -1.30. The van der Waals surface area contributed by atoms with Gasteiger partial charge in [-0.05, 0) is 39.5 Å². The maximum absolute atomic E-state index is 11.9. The van der Waals surface area contributed by atoms with E-state index in [1.54, 1.807) is 0 Å². The number of rotatable bonds is 4. The predicted molar refractivity (Wildman–Crippen MR) is 73.6 cm³/mol. The van der Waals surface area contributed by atoms with Crippen LogP contribution in [0.5, 0.6) is 0 Å². The molecule has 2 rings (SSSR count). The SMILES string of the molecule is CC1(C)CCC(CNC(=O)NC2(C(=O)O)CCCC2)O1. The Morgan fingerprint density at radius 3 is 2.40 bits per heavy atom. The van der Waals surface area contributed by atoms with Crippen molar-refractivity contribution < 1.29 is 19.4 Å². The third-order valence-corrected chi connectivity index (χ3v) is 4.26. The lowest BCUT2D eigenvalue weighted by Gasteiger charge is -2.26.